The SMILES string of the molecule is CCc1oc(C(=O)N(CC2CC2)C[C@@H]2CN(C)CCO2)cc1C. The van der Waals surface area contributed by atoms with Crippen molar-refractivity contribution in [1.82, 2.24) is 9.80 Å². The van der Waals surface area contributed by atoms with E-state index >= 15 is 0 Å². The number of amides is 1. The molecule has 128 valence electrons. The van der Waals surface area contributed by atoms with Gasteiger partial charge in [-0.3, -0.25) is 4.79 Å². The van der Waals surface area contributed by atoms with Crippen molar-refractivity contribution in [2.45, 2.75) is 39.2 Å². The number of hydrogen-bond acceptors (Lipinski definition) is 4. The Hall–Kier alpha value is -1.33. The lowest BCUT2D eigenvalue weighted by Crippen LogP contribution is -2.48. The molecule has 0 aromatic carbocycles. The van der Waals surface area contributed by atoms with Crippen LogP contribution in [0.15, 0.2) is 10.5 Å². The van der Waals surface area contributed by atoms with Gasteiger partial charge in [-0.25, -0.2) is 0 Å². The Morgan fingerprint density at radius 1 is 1.39 bits per heavy atom. The number of rotatable bonds is 6. The highest BCUT2D eigenvalue weighted by Gasteiger charge is 2.31. The smallest absolute Gasteiger partial charge is 0.289 e. The van der Waals surface area contributed by atoms with Crippen LogP contribution in [-0.2, 0) is 11.2 Å². The van der Waals surface area contributed by atoms with E-state index in [-0.39, 0.29) is 12.0 Å². The van der Waals surface area contributed by atoms with Crippen molar-refractivity contribution in [3.8, 4) is 0 Å². The number of nitrogens with zero attached hydrogens (tertiary/aromatic N) is 2. The fourth-order valence-electron chi connectivity index (χ4n) is 3.21. The highest BCUT2D eigenvalue weighted by molar-refractivity contribution is 5.91. The molecule has 5 nitrogen and oxygen atoms in total. The summed E-state index contributed by atoms with van der Waals surface area (Å²) in [6, 6.07) is 1.88. The second-order valence-electron chi connectivity index (χ2n) is 6.98. The topological polar surface area (TPSA) is 45.9 Å². The number of morpholine rings is 1. The minimum atomic E-state index is 0.0107. The van der Waals surface area contributed by atoms with Gasteiger partial charge >= 0.3 is 0 Å². The molecule has 0 radical (unpaired) electrons. The molecule has 0 spiro atoms. The van der Waals surface area contributed by atoms with Crippen LogP contribution in [0.25, 0.3) is 0 Å². The lowest BCUT2D eigenvalue weighted by Gasteiger charge is -2.33. The molecule has 3 rings (SSSR count). The maximum atomic E-state index is 12.9. The van der Waals surface area contributed by atoms with Gasteiger partial charge in [0.25, 0.3) is 5.91 Å². The molecule has 2 aliphatic rings. The normalized spacial score (nSPS) is 22.3. The molecule has 1 aliphatic carbocycles. The van der Waals surface area contributed by atoms with E-state index in [0.29, 0.717) is 18.2 Å². The van der Waals surface area contributed by atoms with Gasteiger partial charge in [0, 0.05) is 32.6 Å². The summed E-state index contributed by atoms with van der Waals surface area (Å²) in [4.78, 5) is 17.1. The molecule has 1 aromatic heterocycles. The molecule has 0 N–H and O–H groups in total. The molecule has 1 aliphatic heterocycles. The highest BCUT2D eigenvalue weighted by Crippen LogP contribution is 2.30. The van der Waals surface area contributed by atoms with Gasteiger partial charge in [-0.05, 0) is 44.4 Å². The first kappa shape index (κ1) is 16.5. The van der Waals surface area contributed by atoms with Gasteiger partial charge in [-0.15, -0.1) is 0 Å². The van der Waals surface area contributed by atoms with Gasteiger partial charge in [0.1, 0.15) is 5.76 Å². The zero-order chi connectivity index (χ0) is 16.4. The van der Waals surface area contributed by atoms with Crippen LogP contribution in [0.1, 0.15) is 41.6 Å². The molecule has 1 aromatic rings. The van der Waals surface area contributed by atoms with E-state index in [1.54, 1.807) is 0 Å². The molecule has 1 saturated heterocycles. The summed E-state index contributed by atoms with van der Waals surface area (Å²) in [7, 11) is 2.10. The van der Waals surface area contributed by atoms with Crippen molar-refractivity contribution in [3.05, 3.63) is 23.2 Å². The summed E-state index contributed by atoms with van der Waals surface area (Å²) in [6.07, 6.45) is 3.37. The molecule has 0 bridgehead atoms. The highest BCUT2D eigenvalue weighted by atomic mass is 16.5. The molecule has 23 heavy (non-hydrogen) atoms. The van der Waals surface area contributed by atoms with Crippen molar-refractivity contribution in [3.63, 3.8) is 0 Å². The molecular weight excluding hydrogens is 292 g/mol. The van der Waals surface area contributed by atoms with Crippen molar-refractivity contribution in [1.29, 1.82) is 0 Å². The van der Waals surface area contributed by atoms with Crippen molar-refractivity contribution < 1.29 is 13.9 Å². The van der Waals surface area contributed by atoms with E-state index < -0.39 is 0 Å². The quantitative estimate of drug-likeness (QED) is 0.807. The van der Waals surface area contributed by atoms with E-state index in [2.05, 4.69) is 11.9 Å². The van der Waals surface area contributed by atoms with Gasteiger partial charge in [-0.1, -0.05) is 6.92 Å². The third-order valence-corrected chi connectivity index (χ3v) is 4.78. The van der Waals surface area contributed by atoms with E-state index in [1.807, 2.05) is 24.8 Å². The van der Waals surface area contributed by atoms with Crippen molar-refractivity contribution in [2.75, 3.05) is 39.8 Å². The van der Waals surface area contributed by atoms with Gasteiger partial charge in [-0.2, -0.15) is 0 Å². The van der Waals surface area contributed by atoms with Gasteiger partial charge < -0.3 is 19.0 Å². The predicted molar refractivity (Wildman–Crippen MR) is 88.7 cm³/mol. The zero-order valence-electron chi connectivity index (χ0n) is 14.5. The molecular formula is C18H28N2O3. The number of aryl methyl sites for hydroxylation is 2. The van der Waals surface area contributed by atoms with Crippen LogP contribution in [-0.4, -0.2) is 61.6 Å². The number of carbonyl (C=O) groups is 1. The summed E-state index contributed by atoms with van der Waals surface area (Å²) >= 11 is 0. The maximum Gasteiger partial charge on any atom is 0.289 e. The molecule has 1 amide bonds. The molecule has 1 saturated carbocycles. The fourth-order valence-corrected chi connectivity index (χ4v) is 3.21. The Morgan fingerprint density at radius 3 is 2.78 bits per heavy atom. The Balaban J connectivity index is 1.70. The first-order chi connectivity index (χ1) is 11.1. The molecule has 2 heterocycles. The number of ether oxygens (including phenoxy) is 1. The van der Waals surface area contributed by atoms with Crippen LogP contribution in [0, 0.1) is 12.8 Å². The third-order valence-electron chi connectivity index (χ3n) is 4.78. The van der Waals surface area contributed by atoms with Gasteiger partial charge in [0.05, 0.1) is 12.7 Å². The van der Waals surface area contributed by atoms with E-state index in [1.165, 1.54) is 12.8 Å². The lowest BCUT2D eigenvalue weighted by atomic mass is 10.2. The van der Waals surface area contributed by atoms with E-state index in [4.69, 9.17) is 9.15 Å². The summed E-state index contributed by atoms with van der Waals surface area (Å²) < 4.78 is 11.6. The standard InChI is InChI=1S/C18H28N2O3/c1-4-16-13(2)9-17(23-16)18(21)20(10-14-5-6-14)12-15-11-19(3)7-8-22-15/h9,14-15H,4-8,10-12H2,1-3H3/t15-/m0/s1. The van der Waals surface area contributed by atoms with Crippen LogP contribution < -0.4 is 0 Å². The number of furan rings is 1. The average molecular weight is 320 g/mol. The minimum absolute atomic E-state index is 0.0107. The molecule has 5 heteroatoms. The second-order valence-corrected chi connectivity index (χ2v) is 6.98. The van der Waals surface area contributed by atoms with Crippen LogP contribution in [0.5, 0.6) is 0 Å². The lowest BCUT2D eigenvalue weighted by molar-refractivity contribution is -0.0334. The van der Waals surface area contributed by atoms with Crippen LogP contribution >= 0.6 is 0 Å². The van der Waals surface area contributed by atoms with E-state index in [9.17, 15) is 4.79 Å². The first-order valence-electron chi connectivity index (χ1n) is 8.75. The third kappa shape index (κ3) is 4.15. The number of hydrogen-bond donors (Lipinski definition) is 0. The van der Waals surface area contributed by atoms with Gasteiger partial charge in [0.15, 0.2) is 5.76 Å². The molecule has 2 fully saturated rings. The van der Waals surface area contributed by atoms with Crippen molar-refractivity contribution >= 4 is 5.91 Å². The van der Waals surface area contributed by atoms with E-state index in [0.717, 1.165) is 44.0 Å². The zero-order valence-corrected chi connectivity index (χ0v) is 14.5. The Morgan fingerprint density at radius 2 is 2.17 bits per heavy atom. The monoisotopic (exact) mass is 320 g/mol. The average Bonchev–Trinajstić information content (AvgIpc) is 3.26. The van der Waals surface area contributed by atoms with Crippen LogP contribution in [0.2, 0.25) is 0 Å². The van der Waals surface area contributed by atoms with Crippen molar-refractivity contribution in [2.24, 2.45) is 5.92 Å². The molecule has 1 atom stereocenters. The van der Waals surface area contributed by atoms with Crippen LogP contribution in [0.3, 0.4) is 0 Å². The fraction of sp³-hybridized carbons (Fsp3) is 0.722. The largest absolute Gasteiger partial charge is 0.456 e. The first-order valence-corrected chi connectivity index (χ1v) is 8.75. The minimum Gasteiger partial charge on any atom is -0.456 e. The number of likely N-dealkylation sites (N-methyl/N-ethyl adjacent to an activating group) is 1. The summed E-state index contributed by atoms with van der Waals surface area (Å²) in [5.41, 5.74) is 1.07. The molecule has 0 unspecified atom stereocenters. The Kier molecular flexibility index (Phi) is 5.07. The Bertz CT molecular complexity index is 550. The second kappa shape index (κ2) is 7.05. The van der Waals surface area contributed by atoms with Gasteiger partial charge in [0.2, 0.25) is 0 Å². The maximum absolute atomic E-state index is 12.9. The summed E-state index contributed by atoms with van der Waals surface area (Å²) in [6.45, 7) is 8.12. The number of carbonyl (C=O) groups excluding carboxylic acids is 1. The summed E-state index contributed by atoms with van der Waals surface area (Å²) in [5, 5.41) is 0. The predicted octanol–water partition coefficient (Wildman–Crippen LogP) is 2.33. The summed E-state index contributed by atoms with van der Waals surface area (Å²) in [5.74, 6) is 2.05. The van der Waals surface area contributed by atoms with Crippen LogP contribution in [0.4, 0.5) is 0 Å². The Labute approximate surface area is 138 Å².